The van der Waals surface area contributed by atoms with Gasteiger partial charge in [0, 0.05) is 18.6 Å². The van der Waals surface area contributed by atoms with Gasteiger partial charge in [-0.2, -0.15) is 4.31 Å². The van der Waals surface area contributed by atoms with Gasteiger partial charge in [0.2, 0.25) is 10.0 Å². The largest absolute Gasteiger partial charge is 0.452 e. The Morgan fingerprint density at radius 3 is 2.45 bits per heavy atom. The zero-order valence-electron chi connectivity index (χ0n) is 17.6. The van der Waals surface area contributed by atoms with Crippen molar-refractivity contribution in [2.45, 2.75) is 63.7 Å². The Labute approximate surface area is 172 Å². The Kier molecular flexibility index (Phi) is 7.42. The lowest BCUT2D eigenvalue weighted by Gasteiger charge is -2.34. The maximum absolute atomic E-state index is 13.0. The Morgan fingerprint density at radius 1 is 1.24 bits per heavy atom. The summed E-state index contributed by atoms with van der Waals surface area (Å²) in [6.45, 7) is 9.37. The van der Waals surface area contributed by atoms with Crippen LogP contribution in [0.15, 0.2) is 29.2 Å². The first kappa shape index (κ1) is 23.3. The van der Waals surface area contributed by atoms with Gasteiger partial charge in [-0.25, -0.2) is 13.2 Å². The average Bonchev–Trinajstić information content (AvgIpc) is 2.65. The molecule has 1 N–H and O–H groups in total. The molecule has 0 spiro atoms. The van der Waals surface area contributed by atoms with Crippen LogP contribution in [0.5, 0.6) is 0 Å². The minimum absolute atomic E-state index is 0.00446. The highest BCUT2D eigenvalue weighted by Gasteiger charge is 2.32. The maximum Gasteiger partial charge on any atom is 0.338 e. The molecule has 1 heterocycles. The van der Waals surface area contributed by atoms with Gasteiger partial charge in [0.05, 0.1) is 22.7 Å². The molecule has 0 saturated carbocycles. The Morgan fingerprint density at radius 2 is 1.86 bits per heavy atom. The van der Waals surface area contributed by atoms with Crippen molar-refractivity contribution in [1.82, 2.24) is 9.62 Å². The number of nitrogens with zero attached hydrogens (tertiary/aromatic N) is 1. The van der Waals surface area contributed by atoms with Crippen molar-refractivity contribution in [3.8, 4) is 0 Å². The molecular formula is C20H30N2O6S. The lowest BCUT2D eigenvalue weighted by atomic mass is 10.0. The summed E-state index contributed by atoms with van der Waals surface area (Å²) in [6.07, 6.45) is 0.297. The van der Waals surface area contributed by atoms with Gasteiger partial charge in [-0.3, -0.25) is 4.79 Å². The molecule has 1 aliphatic heterocycles. The van der Waals surface area contributed by atoms with E-state index < -0.39 is 34.0 Å². The number of nitrogens with one attached hydrogen (secondary N) is 1. The van der Waals surface area contributed by atoms with E-state index in [1.54, 1.807) is 0 Å². The van der Waals surface area contributed by atoms with Crippen LogP contribution < -0.4 is 5.32 Å². The number of hydrogen-bond donors (Lipinski definition) is 1. The zero-order valence-corrected chi connectivity index (χ0v) is 18.4. The lowest BCUT2D eigenvalue weighted by Crippen LogP contribution is -2.48. The first-order valence-corrected chi connectivity index (χ1v) is 11.1. The van der Waals surface area contributed by atoms with Crippen molar-refractivity contribution in [3.63, 3.8) is 0 Å². The van der Waals surface area contributed by atoms with Crippen molar-refractivity contribution in [3.05, 3.63) is 29.8 Å². The van der Waals surface area contributed by atoms with Crippen LogP contribution in [-0.2, 0) is 24.3 Å². The first-order valence-electron chi connectivity index (χ1n) is 9.68. The fourth-order valence-electron chi connectivity index (χ4n) is 2.98. The number of amides is 1. The van der Waals surface area contributed by atoms with Gasteiger partial charge in [0.15, 0.2) is 6.61 Å². The Hall–Kier alpha value is -1.97. The second kappa shape index (κ2) is 9.23. The van der Waals surface area contributed by atoms with Crippen LogP contribution in [0, 0.1) is 0 Å². The van der Waals surface area contributed by atoms with Crippen LogP contribution >= 0.6 is 0 Å². The predicted molar refractivity (Wildman–Crippen MR) is 108 cm³/mol. The quantitative estimate of drug-likeness (QED) is 0.669. The number of rotatable bonds is 7. The topological polar surface area (TPSA) is 102 Å². The van der Waals surface area contributed by atoms with Crippen molar-refractivity contribution < 1.29 is 27.5 Å². The normalized spacial score (nSPS) is 20.9. The third-order valence-electron chi connectivity index (χ3n) is 4.79. The van der Waals surface area contributed by atoms with E-state index in [4.69, 9.17) is 9.47 Å². The molecule has 29 heavy (non-hydrogen) atoms. The molecule has 0 radical (unpaired) electrons. The molecule has 0 bridgehead atoms. The van der Waals surface area contributed by atoms with Gasteiger partial charge in [0.25, 0.3) is 5.91 Å². The highest BCUT2D eigenvalue weighted by molar-refractivity contribution is 7.89. The lowest BCUT2D eigenvalue weighted by molar-refractivity contribution is -0.125. The van der Waals surface area contributed by atoms with E-state index in [1.807, 2.05) is 34.6 Å². The molecule has 162 valence electrons. The maximum atomic E-state index is 13.0. The minimum atomic E-state index is -3.78. The van der Waals surface area contributed by atoms with Crippen LogP contribution in [0.4, 0.5) is 0 Å². The number of morpholine rings is 1. The van der Waals surface area contributed by atoms with E-state index in [1.165, 1.54) is 28.6 Å². The third-order valence-corrected chi connectivity index (χ3v) is 6.62. The summed E-state index contributed by atoms with van der Waals surface area (Å²) in [4.78, 5) is 24.3. The molecule has 1 aromatic rings. The van der Waals surface area contributed by atoms with Crippen LogP contribution in [0.1, 0.15) is 51.4 Å². The zero-order chi connectivity index (χ0) is 21.8. The van der Waals surface area contributed by atoms with Gasteiger partial charge < -0.3 is 14.8 Å². The van der Waals surface area contributed by atoms with Crippen molar-refractivity contribution >= 4 is 21.9 Å². The van der Waals surface area contributed by atoms with Crippen LogP contribution in [-0.4, -0.2) is 62.0 Å². The van der Waals surface area contributed by atoms with E-state index in [9.17, 15) is 18.0 Å². The summed E-state index contributed by atoms with van der Waals surface area (Å²) in [5, 5.41) is 2.77. The number of carbonyl (C=O) groups is 2. The predicted octanol–water partition coefficient (Wildman–Crippen LogP) is 1.95. The Bertz CT molecular complexity index is 842. The third kappa shape index (κ3) is 6.25. The van der Waals surface area contributed by atoms with E-state index in [0.29, 0.717) is 0 Å². The molecule has 1 fully saturated rings. The van der Waals surface area contributed by atoms with Crippen LogP contribution in [0.2, 0.25) is 0 Å². The van der Waals surface area contributed by atoms with E-state index in [-0.39, 0.29) is 35.8 Å². The molecule has 8 nitrogen and oxygen atoms in total. The van der Waals surface area contributed by atoms with Crippen LogP contribution in [0.25, 0.3) is 0 Å². The summed E-state index contributed by atoms with van der Waals surface area (Å²) in [5.41, 5.74) is -0.327. The molecule has 0 unspecified atom stereocenters. The van der Waals surface area contributed by atoms with Crippen molar-refractivity contribution in [1.29, 1.82) is 0 Å². The van der Waals surface area contributed by atoms with Gasteiger partial charge in [-0.05, 0) is 52.3 Å². The van der Waals surface area contributed by atoms with E-state index >= 15 is 0 Å². The fourth-order valence-corrected chi connectivity index (χ4v) is 4.61. The summed E-state index contributed by atoms with van der Waals surface area (Å²) in [7, 11) is -3.78. The van der Waals surface area contributed by atoms with Crippen molar-refractivity contribution in [2.24, 2.45) is 0 Å². The number of sulfonamides is 1. The Balaban J connectivity index is 2.08. The molecule has 1 amide bonds. The average molecular weight is 427 g/mol. The molecule has 2 rings (SSSR count). The standard InChI is InChI=1S/C20H30N2O6S/c1-6-20(4,5)21-18(23)13-27-19(24)16-8-7-9-17(10-16)29(25,26)22-11-14(2)28-15(3)12-22/h7-10,14-15H,6,11-13H2,1-5H3,(H,21,23)/t14-,15-/m1/s1. The van der Waals surface area contributed by atoms with E-state index in [2.05, 4.69) is 5.32 Å². The molecule has 0 aromatic heterocycles. The second-order valence-corrected chi connectivity index (χ2v) is 9.91. The van der Waals surface area contributed by atoms with Gasteiger partial charge in [0.1, 0.15) is 0 Å². The minimum Gasteiger partial charge on any atom is -0.452 e. The first-order chi connectivity index (χ1) is 13.4. The highest BCUT2D eigenvalue weighted by atomic mass is 32.2. The summed E-state index contributed by atoms with van der Waals surface area (Å²) in [5.74, 6) is -1.17. The van der Waals surface area contributed by atoms with Gasteiger partial charge in [-0.15, -0.1) is 0 Å². The molecule has 1 aromatic carbocycles. The SMILES string of the molecule is CCC(C)(C)NC(=O)COC(=O)c1cccc(S(=O)(=O)N2C[C@@H](C)O[C@H](C)C2)c1. The summed E-state index contributed by atoms with van der Waals surface area (Å²) >= 11 is 0. The summed E-state index contributed by atoms with van der Waals surface area (Å²) in [6, 6.07) is 5.65. The smallest absolute Gasteiger partial charge is 0.338 e. The molecule has 1 saturated heterocycles. The number of benzene rings is 1. The summed E-state index contributed by atoms with van der Waals surface area (Å²) < 4.78 is 37.9. The molecule has 0 aliphatic carbocycles. The number of carbonyl (C=O) groups excluding carboxylic acids is 2. The monoisotopic (exact) mass is 426 g/mol. The number of ether oxygens (including phenoxy) is 2. The van der Waals surface area contributed by atoms with E-state index in [0.717, 1.165) is 6.42 Å². The molecular weight excluding hydrogens is 396 g/mol. The molecule has 1 aliphatic rings. The van der Waals surface area contributed by atoms with Crippen molar-refractivity contribution in [2.75, 3.05) is 19.7 Å². The second-order valence-electron chi connectivity index (χ2n) is 7.97. The fraction of sp³-hybridized carbons (Fsp3) is 0.600. The highest BCUT2D eigenvalue weighted by Crippen LogP contribution is 2.22. The van der Waals surface area contributed by atoms with Gasteiger partial charge in [-0.1, -0.05) is 13.0 Å². The molecule has 9 heteroatoms. The number of esters is 1. The molecule has 2 atom stereocenters. The number of hydrogen-bond acceptors (Lipinski definition) is 6. The van der Waals surface area contributed by atoms with Crippen LogP contribution in [0.3, 0.4) is 0 Å². The van der Waals surface area contributed by atoms with Gasteiger partial charge >= 0.3 is 5.97 Å².